The van der Waals surface area contributed by atoms with Gasteiger partial charge in [0.15, 0.2) is 0 Å². The molecule has 1 atom stereocenters. The summed E-state index contributed by atoms with van der Waals surface area (Å²) in [6.07, 6.45) is 5.33. The van der Waals surface area contributed by atoms with Crippen LogP contribution < -0.4 is 5.32 Å². The molecule has 24 heavy (non-hydrogen) atoms. The van der Waals surface area contributed by atoms with Crippen molar-refractivity contribution in [3.8, 4) is 12.3 Å². The van der Waals surface area contributed by atoms with Gasteiger partial charge in [0.25, 0.3) is 0 Å². The number of rotatable bonds is 3. The van der Waals surface area contributed by atoms with Gasteiger partial charge in [-0.15, -0.1) is 12.3 Å². The standard InChI is InChI=1S/C19H24N2O3/c1-6-14-9-17(22)21(11-14)12-15-10-16(8-7-13(15)2)20-18(23)24-19(3,4)5/h1,7-8,10,14H,9,11-12H2,2-5H3,(H,20,23). The van der Waals surface area contributed by atoms with Crippen LogP contribution in [0.1, 0.15) is 38.3 Å². The molecule has 128 valence electrons. The van der Waals surface area contributed by atoms with Crippen LogP contribution >= 0.6 is 0 Å². The van der Waals surface area contributed by atoms with Crippen molar-refractivity contribution in [3.05, 3.63) is 29.3 Å². The third-order valence-electron chi connectivity index (χ3n) is 3.81. The van der Waals surface area contributed by atoms with Crippen LogP contribution in [0.15, 0.2) is 18.2 Å². The maximum absolute atomic E-state index is 12.0. The summed E-state index contributed by atoms with van der Waals surface area (Å²) in [5.41, 5.74) is 2.13. The molecule has 0 saturated carbocycles. The van der Waals surface area contributed by atoms with E-state index in [9.17, 15) is 9.59 Å². The minimum Gasteiger partial charge on any atom is -0.444 e. The summed E-state index contributed by atoms with van der Waals surface area (Å²) in [5, 5.41) is 2.73. The van der Waals surface area contributed by atoms with Crippen LogP contribution in [0.3, 0.4) is 0 Å². The molecule has 1 fully saturated rings. The third kappa shape index (κ3) is 4.76. The van der Waals surface area contributed by atoms with Crippen LogP contribution in [0.25, 0.3) is 0 Å². The van der Waals surface area contributed by atoms with E-state index in [1.807, 2.05) is 45.9 Å². The normalized spacial score (nSPS) is 17.5. The Morgan fingerprint density at radius 2 is 2.17 bits per heavy atom. The molecule has 0 bridgehead atoms. The molecule has 1 saturated heterocycles. The maximum Gasteiger partial charge on any atom is 0.412 e. The molecule has 1 aliphatic heterocycles. The second-order valence-electron chi connectivity index (χ2n) is 7.11. The van der Waals surface area contributed by atoms with Gasteiger partial charge in [0, 0.05) is 31.1 Å². The second-order valence-corrected chi connectivity index (χ2v) is 7.11. The van der Waals surface area contributed by atoms with Gasteiger partial charge in [0.2, 0.25) is 5.91 Å². The fraction of sp³-hybridized carbons (Fsp3) is 0.474. The van der Waals surface area contributed by atoms with E-state index in [1.165, 1.54) is 0 Å². The Kier molecular flexibility index (Phi) is 5.18. The highest BCUT2D eigenvalue weighted by atomic mass is 16.6. The summed E-state index contributed by atoms with van der Waals surface area (Å²) in [4.78, 5) is 25.7. The zero-order valence-corrected chi connectivity index (χ0v) is 14.7. The molecule has 0 aromatic heterocycles. The van der Waals surface area contributed by atoms with Gasteiger partial charge < -0.3 is 9.64 Å². The number of hydrogen-bond donors (Lipinski definition) is 1. The van der Waals surface area contributed by atoms with Crippen molar-refractivity contribution < 1.29 is 14.3 Å². The number of carbonyl (C=O) groups excluding carboxylic acids is 2. The number of nitrogens with zero attached hydrogens (tertiary/aromatic N) is 1. The van der Waals surface area contributed by atoms with Gasteiger partial charge >= 0.3 is 6.09 Å². The Bertz CT molecular complexity index is 683. The molecule has 1 heterocycles. The van der Waals surface area contributed by atoms with Crippen molar-refractivity contribution in [1.82, 2.24) is 4.90 Å². The summed E-state index contributed by atoms with van der Waals surface area (Å²) >= 11 is 0. The molecule has 2 amide bonds. The molecular weight excluding hydrogens is 304 g/mol. The van der Waals surface area contributed by atoms with Crippen molar-refractivity contribution in [1.29, 1.82) is 0 Å². The average molecular weight is 328 g/mol. The van der Waals surface area contributed by atoms with Crippen molar-refractivity contribution in [3.63, 3.8) is 0 Å². The highest BCUT2D eigenvalue weighted by Gasteiger charge is 2.28. The lowest BCUT2D eigenvalue weighted by Crippen LogP contribution is -2.27. The fourth-order valence-electron chi connectivity index (χ4n) is 2.58. The first-order chi connectivity index (χ1) is 11.2. The predicted molar refractivity (Wildman–Crippen MR) is 93.4 cm³/mol. The van der Waals surface area contributed by atoms with Crippen molar-refractivity contribution in [2.45, 2.75) is 46.3 Å². The number of carbonyl (C=O) groups is 2. The SMILES string of the molecule is C#CC1CC(=O)N(Cc2cc(NC(=O)OC(C)(C)C)ccc2C)C1. The summed E-state index contributed by atoms with van der Waals surface area (Å²) in [6, 6.07) is 5.61. The highest BCUT2D eigenvalue weighted by molar-refractivity contribution is 5.85. The van der Waals surface area contributed by atoms with Gasteiger partial charge in [-0.05, 0) is 51.0 Å². The Balaban J connectivity index is 2.08. The number of hydrogen-bond acceptors (Lipinski definition) is 3. The summed E-state index contributed by atoms with van der Waals surface area (Å²) in [5.74, 6) is 2.71. The first-order valence-electron chi connectivity index (χ1n) is 8.01. The van der Waals surface area contributed by atoms with E-state index in [-0.39, 0.29) is 11.8 Å². The molecular formula is C19H24N2O3. The van der Waals surface area contributed by atoms with Crippen LogP contribution in [-0.4, -0.2) is 29.0 Å². The number of anilines is 1. The fourth-order valence-corrected chi connectivity index (χ4v) is 2.58. The number of likely N-dealkylation sites (tertiary alicyclic amines) is 1. The first kappa shape index (κ1) is 17.9. The quantitative estimate of drug-likeness (QED) is 0.866. The number of amides is 2. The number of nitrogens with one attached hydrogen (secondary N) is 1. The van der Waals surface area contributed by atoms with Gasteiger partial charge in [0.05, 0.1) is 0 Å². The van der Waals surface area contributed by atoms with E-state index in [1.54, 1.807) is 4.90 Å². The summed E-state index contributed by atoms with van der Waals surface area (Å²) < 4.78 is 5.25. The van der Waals surface area contributed by atoms with Crippen molar-refractivity contribution in [2.24, 2.45) is 5.92 Å². The molecule has 1 unspecified atom stereocenters. The van der Waals surface area contributed by atoms with E-state index >= 15 is 0 Å². The van der Waals surface area contributed by atoms with E-state index in [2.05, 4.69) is 11.2 Å². The van der Waals surface area contributed by atoms with E-state index < -0.39 is 11.7 Å². The molecule has 1 aromatic rings. The predicted octanol–water partition coefficient (Wildman–Crippen LogP) is 3.32. The molecule has 5 nitrogen and oxygen atoms in total. The van der Waals surface area contributed by atoms with Gasteiger partial charge in [-0.1, -0.05) is 6.07 Å². The molecule has 1 aromatic carbocycles. The van der Waals surface area contributed by atoms with E-state index in [0.717, 1.165) is 11.1 Å². The van der Waals surface area contributed by atoms with Crippen LogP contribution in [0.2, 0.25) is 0 Å². The minimum absolute atomic E-state index is 0.0131. The van der Waals surface area contributed by atoms with Gasteiger partial charge in [-0.2, -0.15) is 0 Å². The van der Waals surface area contributed by atoms with E-state index in [0.29, 0.717) is 25.2 Å². The van der Waals surface area contributed by atoms with Gasteiger partial charge in [-0.25, -0.2) is 4.79 Å². The first-order valence-corrected chi connectivity index (χ1v) is 8.01. The zero-order chi connectivity index (χ0) is 17.9. The Morgan fingerprint density at radius 1 is 1.46 bits per heavy atom. The molecule has 0 radical (unpaired) electrons. The van der Waals surface area contributed by atoms with Gasteiger partial charge in [0.1, 0.15) is 5.60 Å². The topological polar surface area (TPSA) is 58.6 Å². The number of terminal acetylenes is 1. The largest absolute Gasteiger partial charge is 0.444 e. The monoisotopic (exact) mass is 328 g/mol. The van der Waals surface area contributed by atoms with Crippen LogP contribution in [-0.2, 0) is 16.1 Å². The van der Waals surface area contributed by atoms with Crippen molar-refractivity contribution >= 4 is 17.7 Å². The van der Waals surface area contributed by atoms with Crippen LogP contribution in [0.5, 0.6) is 0 Å². The lowest BCUT2D eigenvalue weighted by Gasteiger charge is -2.21. The Labute approximate surface area is 143 Å². The third-order valence-corrected chi connectivity index (χ3v) is 3.81. The molecule has 5 heteroatoms. The lowest BCUT2D eigenvalue weighted by molar-refractivity contribution is -0.128. The lowest BCUT2D eigenvalue weighted by atomic mass is 10.1. The Hall–Kier alpha value is -2.48. The highest BCUT2D eigenvalue weighted by Crippen LogP contribution is 2.23. The Morgan fingerprint density at radius 3 is 2.75 bits per heavy atom. The number of aryl methyl sites for hydroxylation is 1. The maximum atomic E-state index is 12.0. The summed E-state index contributed by atoms with van der Waals surface area (Å²) in [7, 11) is 0. The minimum atomic E-state index is -0.552. The number of benzene rings is 1. The molecule has 0 aliphatic carbocycles. The van der Waals surface area contributed by atoms with Crippen LogP contribution in [0.4, 0.5) is 10.5 Å². The number of ether oxygens (including phenoxy) is 1. The molecule has 2 rings (SSSR count). The van der Waals surface area contributed by atoms with Crippen molar-refractivity contribution in [2.75, 3.05) is 11.9 Å². The smallest absolute Gasteiger partial charge is 0.412 e. The second kappa shape index (κ2) is 6.96. The molecule has 0 spiro atoms. The van der Waals surface area contributed by atoms with Crippen LogP contribution in [0, 0.1) is 25.2 Å². The zero-order valence-electron chi connectivity index (χ0n) is 14.7. The molecule has 1 aliphatic rings. The molecule has 1 N–H and O–H groups in total. The van der Waals surface area contributed by atoms with Gasteiger partial charge in [-0.3, -0.25) is 10.1 Å². The average Bonchev–Trinajstić information content (AvgIpc) is 2.81. The van der Waals surface area contributed by atoms with E-state index in [4.69, 9.17) is 11.2 Å². The summed E-state index contributed by atoms with van der Waals surface area (Å²) in [6.45, 7) is 8.49.